The average Bonchev–Trinajstić information content (AvgIpc) is 3.80. The van der Waals surface area contributed by atoms with E-state index in [0.717, 1.165) is 21.7 Å². The maximum absolute atomic E-state index is 13.5. The SMILES string of the molecule is CCN(CC)S(=O)(=O)c1ccc(C(=O)NCc2nnc(SCC(=O)N3N=C(c4cccs4)C[C@@H]3c3ccc(C)cc3)n2C)cc1. The van der Waals surface area contributed by atoms with Gasteiger partial charge in [0.05, 0.1) is 33.8 Å². The molecule has 11 nitrogen and oxygen atoms in total. The van der Waals surface area contributed by atoms with Gasteiger partial charge in [-0.3, -0.25) is 9.59 Å². The zero-order valence-electron chi connectivity index (χ0n) is 25.5. The molecule has 0 radical (unpaired) electrons. The molecule has 2 aromatic carbocycles. The van der Waals surface area contributed by atoms with Crippen molar-refractivity contribution < 1.29 is 18.0 Å². The zero-order chi connectivity index (χ0) is 32.1. The fourth-order valence-corrected chi connectivity index (χ4v) is 7.91. The second-order valence-electron chi connectivity index (χ2n) is 10.4. The molecule has 2 aromatic heterocycles. The normalized spacial score (nSPS) is 15.0. The van der Waals surface area contributed by atoms with E-state index < -0.39 is 10.0 Å². The van der Waals surface area contributed by atoms with Crippen molar-refractivity contribution in [2.24, 2.45) is 12.1 Å². The van der Waals surface area contributed by atoms with Crippen LogP contribution < -0.4 is 5.32 Å². The van der Waals surface area contributed by atoms with Crippen molar-refractivity contribution >= 4 is 50.6 Å². The first-order chi connectivity index (χ1) is 21.6. The highest BCUT2D eigenvalue weighted by Gasteiger charge is 2.33. The van der Waals surface area contributed by atoms with Crippen LogP contribution in [-0.2, 0) is 28.4 Å². The number of nitrogens with one attached hydrogen (secondary N) is 1. The molecule has 0 spiro atoms. The Labute approximate surface area is 271 Å². The van der Waals surface area contributed by atoms with Crippen molar-refractivity contribution in [3.8, 4) is 0 Å². The summed E-state index contributed by atoms with van der Waals surface area (Å²) in [6.07, 6.45) is 0.641. The lowest BCUT2D eigenvalue weighted by atomic mass is 10.00. The summed E-state index contributed by atoms with van der Waals surface area (Å²) in [6, 6.07) is 17.9. The van der Waals surface area contributed by atoms with Crippen LogP contribution in [0, 0.1) is 6.92 Å². The maximum Gasteiger partial charge on any atom is 0.253 e. The molecule has 1 aliphatic heterocycles. The molecule has 3 heterocycles. The number of thiophene rings is 1. The molecule has 45 heavy (non-hydrogen) atoms. The van der Waals surface area contributed by atoms with E-state index in [9.17, 15) is 18.0 Å². The highest BCUT2D eigenvalue weighted by molar-refractivity contribution is 7.99. The molecule has 1 atom stereocenters. The number of nitrogens with zero attached hydrogens (tertiary/aromatic N) is 6. The van der Waals surface area contributed by atoms with Gasteiger partial charge in [0.2, 0.25) is 10.0 Å². The number of hydrogen-bond acceptors (Lipinski definition) is 9. The predicted molar refractivity (Wildman–Crippen MR) is 176 cm³/mol. The van der Waals surface area contributed by atoms with Crippen LogP contribution in [0.4, 0.5) is 0 Å². The summed E-state index contributed by atoms with van der Waals surface area (Å²) < 4.78 is 28.6. The van der Waals surface area contributed by atoms with Gasteiger partial charge in [-0.05, 0) is 48.2 Å². The molecule has 0 saturated heterocycles. The summed E-state index contributed by atoms with van der Waals surface area (Å²) in [5, 5.41) is 20.1. The monoisotopic (exact) mass is 665 g/mol. The van der Waals surface area contributed by atoms with Crippen molar-refractivity contribution in [1.82, 2.24) is 29.4 Å². The third kappa shape index (κ3) is 7.19. The largest absolute Gasteiger partial charge is 0.345 e. The number of carbonyl (C=O) groups excluding carboxylic acids is 2. The first kappa shape index (κ1) is 32.5. The quantitative estimate of drug-likeness (QED) is 0.219. The summed E-state index contributed by atoms with van der Waals surface area (Å²) in [6.45, 7) is 6.43. The Hall–Kier alpha value is -3.85. The average molecular weight is 666 g/mol. The van der Waals surface area contributed by atoms with Crippen molar-refractivity contribution in [2.45, 2.75) is 49.8 Å². The van der Waals surface area contributed by atoms with Crippen LogP contribution >= 0.6 is 23.1 Å². The van der Waals surface area contributed by atoms with E-state index in [1.165, 1.54) is 40.3 Å². The number of thioether (sulfide) groups is 1. The van der Waals surface area contributed by atoms with Crippen LogP contribution in [-0.4, -0.2) is 68.9 Å². The zero-order valence-corrected chi connectivity index (χ0v) is 28.0. The standard InChI is InChI=1S/C31H35N7O4S3/c1-5-37(6-2)45(41,42)24-15-13-23(14-16-24)30(40)32-19-28-33-34-31(36(28)4)44-20-29(39)38-26(22-11-9-21(3)10-12-22)18-25(35-38)27-8-7-17-43-27/h7-17,26H,5-6,18-20H2,1-4H3,(H,32,40)/t26-/m1/s1. The van der Waals surface area contributed by atoms with Gasteiger partial charge < -0.3 is 9.88 Å². The Bertz CT molecular complexity index is 1780. The number of aryl methyl sites for hydroxylation is 1. The molecule has 0 bridgehead atoms. The van der Waals surface area contributed by atoms with E-state index in [1.54, 1.807) is 41.8 Å². The lowest BCUT2D eigenvalue weighted by molar-refractivity contribution is -0.130. The molecule has 0 aliphatic carbocycles. The molecule has 5 rings (SSSR count). The van der Waals surface area contributed by atoms with Gasteiger partial charge in [0.15, 0.2) is 11.0 Å². The van der Waals surface area contributed by atoms with E-state index in [0.29, 0.717) is 36.1 Å². The topological polar surface area (TPSA) is 130 Å². The number of benzene rings is 2. The second-order valence-corrected chi connectivity index (χ2v) is 14.3. The number of carbonyl (C=O) groups is 2. The minimum atomic E-state index is -3.61. The van der Waals surface area contributed by atoms with Gasteiger partial charge in [0.1, 0.15) is 0 Å². The fourth-order valence-electron chi connectivity index (χ4n) is 4.95. The lowest BCUT2D eigenvalue weighted by Gasteiger charge is -2.22. The summed E-state index contributed by atoms with van der Waals surface area (Å²) in [5.41, 5.74) is 3.40. The first-order valence-electron chi connectivity index (χ1n) is 14.5. The molecule has 14 heteroatoms. The van der Waals surface area contributed by atoms with Gasteiger partial charge in [0, 0.05) is 32.1 Å². The number of rotatable bonds is 12. The van der Waals surface area contributed by atoms with E-state index >= 15 is 0 Å². The van der Waals surface area contributed by atoms with E-state index in [1.807, 2.05) is 48.7 Å². The van der Waals surface area contributed by atoms with Crippen LogP contribution in [0.1, 0.15) is 58.5 Å². The summed E-state index contributed by atoms with van der Waals surface area (Å²) >= 11 is 2.87. The van der Waals surface area contributed by atoms with Gasteiger partial charge >= 0.3 is 0 Å². The summed E-state index contributed by atoms with van der Waals surface area (Å²) in [4.78, 5) is 27.5. The molecule has 0 saturated carbocycles. The van der Waals surface area contributed by atoms with Crippen LogP contribution in [0.25, 0.3) is 0 Å². The van der Waals surface area contributed by atoms with Gasteiger partial charge in [-0.2, -0.15) is 9.41 Å². The Morgan fingerprint density at radius 2 is 1.76 bits per heavy atom. The first-order valence-corrected chi connectivity index (χ1v) is 17.8. The highest BCUT2D eigenvalue weighted by Crippen LogP contribution is 2.34. The van der Waals surface area contributed by atoms with Crippen molar-refractivity contribution in [3.05, 3.63) is 93.4 Å². The molecular formula is C31H35N7O4S3. The molecule has 0 fully saturated rings. The van der Waals surface area contributed by atoms with Gasteiger partial charge in [-0.15, -0.1) is 21.5 Å². The van der Waals surface area contributed by atoms with Crippen LogP contribution in [0.15, 0.2) is 81.2 Å². The number of hydrazone groups is 1. The highest BCUT2D eigenvalue weighted by atomic mass is 32.2. The number of aromatic nitrogens is 3. The summed E-state index contributed by atoms with van der Waals surface area (Å²) in [7, 11) is -1.83. The van der Waals surface area contributed by atoms with Crippen LogP contribution in [0.5, 0.6) is 0 Å². The number of sulfonamides is 1. The van der Waals surface area contributed by atoms with Crippen molar-refractivity contribution in [1.29, 1.82) is 0 Å². The molecular weight excluding hydrogens is 631 g/mol. The van der Waals surface area contributed by atoms with E-state index in [4.69, 9.17) is 5.10 Å². The molecule has 1 N–H and O–H groups in total. The second kappa shape index (κ2) is 14.1. The summed E-state index contributed by atoms with van der Waals surface area (Å²) in [5.74, 6) is 0.118. The van der Waals surface area contributed by atoms with Crippen LogP contribution in [0.2, 0.25) is 0 Å². The maximum atomic E-state index is 13.5. The smallest absolute Gasteiger partial charge is 0.253 e. The van der Waals surface area contributed by atoms with Gasteiger partial charge in [-0.1, -0.05) is 61.5 Å². The molecule has 236 valence electrons. The Balaban J connectivity index is 1.20. The number of hydrogen-bond donors (Lipinski definition) is 1. The Kier molecular flexibility index (Phi) is 10.2. The predicted octanol–water partition coefficient (Wildman–Crippen LogP) is 4.62. The van der Waals surface area contributed by atoms with Crippen LogP contribution in [0.3, 0.4) is 0 Å². The Morgan fingerprint density at radius 3 is 2.40 bits per heavy atom. The fraction of sp³-hybridized carbons (Fsp3) is 0.323. The molecule has 0 unspecified atom stereocenters. The third-order valence-electron chi connectivity index (χ3n) is 7.55. The van der Waals surface area contributed by atoms with Gasteiger partial charge in [-0.25, -0.2) is 13.4 Å². The molecule has 2 amide bonds. The van der Waals surface area contributed by atoms with Gasteiger partial charge in [0.25, 0.3) is 11.8 Å². The lowest BCUT2D eigenvalue weighted by Crippen LogP contribution is -2.30. The minimum absolute atomic E-state index is 0.104. The third-order valence-corrected chi connectivity index (χ3v) is 11.5. The number of amides is 2. The van der Waals surface area contributed by atoms with E-state index in [2.05, 4.69) is 15.5 Å². The molecule has 1 aliphatic rings. The molecule has 4 aromatic rings. The van der Waals surface area contributed by atoms with E-state index in [-0.39, 0.29) is 35.0 Å². The Morgan fingerprint density at radius 1 is 1.04 bits per heavy atom. The minimum Gasteiger partial charge on any atom is -0.345 e. The van der Waals surface area contributed by atoms with Crippen molar-refractivity contribution in [3.63, 3.8) is 0 Å². The van der Waals surface area contributed by atoms with Crippen molar-refractivity contribution in [2.75, 3.05) is 18.8 Å².